The van der Waals surface area contributed by atoms with E-state index in [1.54, 1.807) is 24.1 Å². The van der Waals surface area contributed by atoms with Crippen molar-refractivity contribution in [3.63, 3.8) is 0 Å². The monoisotopic (exact) mass is 540 g/mol. The fourth-order valence-electron chi connectivity index (χ4n) is 5.80. The zero-order valence-electron chi connectivity index (χ0n) is 20.7. The van der Waals surface area contributed by atoms with Crippen molar-refractivity contribution < 1.29 is 27.9 Å². The third-order valence-electron chi connectivity index (χ3n) is 7.92. The highest BCUT2D eigenvalue weighted by Crippen LogP contribution is 2.45. The SMILES string of the molecule is CC(C(=O)O)N1CCC(n2ncc(C(=O)N3CCCC3c3ccccc3C(F)(F)F)c2C2CC2)CC1.Cl. The van der Waals surface area contributed by atoms with Crippen LogP contribution in [0.2, 0.25) is 0 Å². The summed E-state index contributed by atoms with van der Waals surface area (Å²) in [6, 6.07) is 4.45. The number of hydrogen-bond donors (Lipinski definition) is 1. The van der Waals surface area contributed by atoms with Gasteiger partial charge in [0, 0.05) is 25.6 Å². The molecule has 2 aromatic rings. The summed E-state index contributed by atoms with van der Waals surface area (Å²) < 4.78 is 43.1. The fraction of sp³-hybridized carbons (Fsp3) is 0.577. The standard InChI is InChI=1S/C26H31F3N4O3.ClH/c1-16(25(35)36)31-13-10-18(11-14-31)33-23(17-8-9-17)20(15-30-33)24(34)32-12-4-7-22(32)19-5-2-3-6-21(19)26(27,28)29;/h2-3,5-6,15-18,22H,4,7-14H2,1H3,(H,35,36);1H. The van der Waals surface area contributed by atoms with Crippen molar-refractivity contribution in [3.05, 3.63) is 52.8 Å². The second-order valence-electron chi connectivity index (χ2n) is 10.2. The van der Waals surface area contributed by atoms with Gasteiger partial charge in [-0.05, 0) is 57.1 Å². The Balaban J connectivity index is 0.00000320. The molecule has 11 heteroatoms. The number of nitrogens with zero attached hydrogens (tertiary/aromatic N) is 4. The molecule has 2 atom stereocenters. The Morgan fingerprint density at radius 1 is 1.05 bits per heavy atom. The first-order chi connectivity index (χ1) is 17.2. The van der Waals surface area contributed by atoms with Crippen molar-refractivity contribution in [3.8, 4) is 0 Å². The number of piperidine rings is 1. The Hall–Kier alpha value is -2.59. The third-order valence-corrected chi connectivity index (χ3v) is 7.92. The van der Waals surface area contributed by atoms with Gasteiger partial charge in [-0.25, -0.2) is 0 Å². The van der Waals surface area contributed by atoms with E-state index in [-0.39, 0.29) is 35.8 Å². The molecule has 2 aliphatic heterocycles. The minimum atomic E-state index is -4.48. The first kappa shape index (κ1) is 27.4. The number of carboxylic acids is 1. The Labute approximate surface area is 220 Å². The van der Waals surface area contributed by atoms with E-state index in [4.69, 9.17) is 0 Å². The first-order valence-electron chi connectivity index (χ1n) is 12.7. The average molecular weight is 541 g/mol. The lowest BCUT2D eigenvalue weighted by Gasteiger charge is -2.35. The van der Waals surface area contributed by atoms with Gasteiger partial charge in [-0.2, -0.15) is 18.3 Å². The number of carbonyl (C=O) groups excluding carboxylic acids is 1. The number of carboxylic acid groups (broad SMARTS) is 1. The van der Waals surface area contributed by atoms with Crippen LogP contribution in [0.3, 0.4) is 0 Å². The minimum absolute atomic E-state index is 0. The van der Waals surface area contributed by atoms with Crippen LogP contribution >= 0.6 is 12.4 Å². The summed E-state index contributed by atoms with van der Waals surface area (Å²) in [6.45, 7) is 3.37. The van der Waals surface area contributed by atoms with Gasteiger partial charge in [0.2, 0.25) is 0 Å². The van der Waals surface area contributed by atoms with Crippen LogP contribution in [-0.2, 0) is 11.0 Å². The van der Waals surface area contributed by atoms with Gasteiger partial charge in [-0.1, -0.05) is 18.2 Å². The van der Waals surface area contributed by atoms with Crippen molar-refractivity contribution in [1.82, 2.24) is 19.6 Å². The van der Waals surface area contributed by atoms with Crippen molar-refractivity contribution in [2.24, 2.45) is 0 Å². The average Bonchev–Trinajstić information content (AvgIpc) is 3.40. The molecule has 202 valence electrons. The van der Waals surface area contributed by atoms with E-state index in [2.05, 4.69) is 5.10 Å². The summed E-state index contributed by atoms with van der Waals surface area (Å²) in [6.07, 6.45) is 1.64. The highest BCUT2D eigenvalue weighted by atomic mass is 35.5. The molecule has 0 bridgehead atoms. The number of aliphatic carboxylic acids is 1. The maximum absolute atomic E-state index is 13.8. The molecule has 1 aliphatic carbocycles. The van der Waals surface area contributed by atoms with Crippen molar-refractivity contribution >= 4 is 24.3 Å². The fourth-order valence-corrected chi connectivity index (χ4v) is 5.80. The molecule has 37 heavy (non-hydrogen) atoms. The summed E-state index contributed by atoms with van der Waals surface area (Å²) in [5.74, 6) is -0.864. The van der Waals surface area contributed by atoms with Crippen LogP contribution in [0.25, 0.3) is 0 Å². The molecule has 1 aromatic heterocycles. The lowest BCUT2D eigenvalue weighted by Crippen LogP contribution is -2.44. The number of amides is 1. The van der Waals surface area contributed by atoms with Crippen LogP contribution < -0.4 is 0 Å². The number of hydrogen-bond acceptors (Lipinski definition) is 4. The molecule has 1 amide bonds. The van der Waals surface area contributed by atoms with Crippen LogP contribution in [0.15, 0.2) is 30.5 Å². The Bertz CT molecular complexity index is 1140. The van der Waals surface area contributed by atoms with Gasteiger partial charge in [0.1, 0.15) is 6.04 Å². The van der Waals surface area contributed by atoms with Crippen LogP contribution in [0, 0.1) is 0 Å². The largest absolute Gasteiger partial charge is 0.480 e. The second-order valence-corrected chi connectivity index (χ2v) is 10.2. The maximum Gasteiger partial charge on any atom is 0.416 e. The van der Waals surface area contributed by atoms with Crippen LogP contribution in [0.4, 0.5) is 13.2 Å². The quantitative estimate of drug-likeness (QED) is 0.539. The highest BCUT2D eigenvalue weighted by molar-refractivity contribution is 5.96. The zero-order chi connectivity index (χ0) is 25.6. The molecule has 2 saturated heterocycles. The van der Waals surface area contributed by atoms with Gasteiger partial charge in [0.15, 0.2) is 0 Å². The predicted molar refractivity (Wildman–Crippen MR) is 133 cm³/mol. The van der Waals surface area contributed by atoms with Crippen LogP contribution in [0.1, 0.15) is 90.6 Å². The van der Waals surface area contributed by atoms with Gasteiger partial charge in [-0.15, -0.1) is 12.4 Å². The number of aromatic nitrogens is 2. The molecular weight excluding hydrogens is 509 g/mol. The van der Waals surface area contributed by atoms with E-state index in [0.717, 1.165) is 37.4 Å². The summed E-state index contributed by atoms with van der Waals surface area (Å²) in [5.41, 5.74) is 0.848. The van der Waals surface area contributed by atoms with Crippen molar-refractivity contribution in [2.45, 2.75) is 75.7 Å². The van der Waals surface area contributed by atoms with E-state index < -0.39 is 29.8 Å². The zero-order valence-corrected chi connectivity index (χ0v) is 21.5. The lowest BCUT2D eigenvalue weighted by molar-refractivity contribution is -0.143. The number of likely N-dealkylation sites (tertiary alicyclic amines) is 2. The second kappa shape index (κ2) is 10.6. The van der Waals surface area contributed by atoms with Crippen LogP contribution in [-0.4, -0.2) is 62.2 Å². The number of carbonyl (C=O) groups is 2. The Morgan fingerprint density at radius 2 is 1.73 bits per heavy atom. The first-order valence-corrected chi connectivity index (χ1v) is 12.7. The van der Waals surface area contributed by atoms with Crippen molar-refractivity contribution in [2.75, 3.05) is 19.6 Å². The summed E-state index contributed by atoms with van der Waals surface area (Å²) >= 11 is 0. The smallest absolute Gasteiger partial charge is 0.416 e. The predicted octanol–water partition coefficient (Wildman–Crippen LogP) is 5.29. The Kier molecular flexibility index (Phi) is 7.90. The minimum Gasteiger partial charge on any atom is -0.480 e. The number of alkyl halides is 3. The molecule has 3 fully saturated rings. The van der Waals surface area contributed by atoms with Gasteiger partial charge in [0.05, 0.1) is 35.1 Å². The summed E-state index contributed by atoms with van der Waals surface area (Å²) in [4.78, 5) is 28.7. The van der Waals surface area contributed by atoms with E-state index in [9.17, 15) is 27.9 Å². The normalized spacial score (nSPS) is 22.1. The molecule has 0 radical (unpaired) electrons. The van der Waals surface area contributed by atoms with Gasteiger partial charge in [0.25, 0.3) is 5.91 Å². The number of rotatable bonds is 6. The van der Waals surface area contributed by atoms with E-state index in [1.165, 1.54) is 12.1 Å². The molecule has 2 unspecified atom stereocenters. The van der Waals surface area contributed by atoms with Crippen LogP contribution in [0.5, 0.6) is 0 Å². The van der Waals surface area contributed by atoms with Crippen molar-refractivity contribution in [1.29, 1.82) is 0 Å². The highest BCUT2D eigenvalue weighted by Gasteiger charge is 2.42. The molecule has 1 N–H and O–H groups in total. The topological polar surface area (TPSA) is 78.7 Å². The number of benzene rings is 1. The molecule has 1 saturated carbocycles. The van der Waals surface area contributed by atoms with E-state index >= 15 is 0 Å². The molecule has 3 aliphatic rings. The van der Waals surface area contributed by atoms with Gasteiger partial charge < -0.3 is 10.0 Å². The lowest BCUT2D eigenvalue weighted by atomic mass is 9.97. The van der Waals surface area contributed by atoms with Gasteiger partial charge >= 0.3 is 12.1 Å². The molecule has 7 nitrogen and oxygen atoms in total. The summed E-state index contributed by atoms with van der Waals surface area (Å²) in [5, 5.41) is 13.9. The number of halogens is 4. The van der Waals surface area contributed by atoms with Gasteiger partial charge in [-0.3, -0.25) is 19.2 Å². The molecule has 1 aromatic carbocycles. The van der Waals surface area contributed by atoms with E-state index in [1.807, 2.05) is 9.58 Å². The molecule has 5 rings (SSSR count). The molecule has 3 heterocycles. The molecule has 0 spiro atoms. The van der Waals surface area contributed by atoms with E-state index in [0.29, 0.717) is 38.0 Å². The third kappa shape index (κ3) is 5.36. The summed E-state index contributed by atoms with van der Waals surface area (Å²) in [7, 11) is 0. The Morgan fingerprint density at radius 3 is 2.35 bits per heavy atom. The maximum atomic E-state index is 13.8. The molecular formula is C26H32ClF3N4O3.